The van der Waals surface area contributed by atoms with Crippen molar-refractivity contribution in [3.05, 3.63) is 27.8 Å². The Hall–Kier alpha value is -3.55. The molecule has 47 heavy (non-hydrogen) atoms. The highest BCUT2D eigenvalue weighted by Gasteiger charge is 2.43. The summed E-state index contributed by atoms with van der Waals surface area (Å²) >= 11 is 13.6. The maximum atomic E-state index is 14.5. The molecule has 0 saturated carbocycles. The first-order chi connectivity index (χ1) is 22.2. The second kappa shape index (κ2) is 13.9. The smallest absolute Gasteiger partial charge is 0.408 e. The molecule has 2 saturated heterocycles. The standard InChI is InChI=1S/C32H42Cl2N6O7/c1-16-19-10-20(25-26(33)23(44-6)11-24(45-7)27(25)34)29(42)40(13-18-8-9-39(12-18)17(2)41)28(19)38-30(35-16)36-21-14-46-15-22(21)37-31(43)47-32(3,4)5/h10-11,16,18-19,21-22H,8-9,12-15H2,1-7H3,(H,35,36)(H,37,43)/t16?,18-,19?,21-,22+/m1/s1. The number of aliphatic imine (C=N–C) groups is 2. The summed E-state index contributed by atoms with van der Waals surface area (Å²) in [5, 5.41) is 6.55. The van der Waals surface area contributed by atoms with Gasteiger partial charge in [-0.25, -0.2) is 9.79 Å². The van der Waals surface area contributed by atoms with Gasteiger partial charge < -0.3 is 34.5 Å². The van der Waals surface area contributed by atoms with Crippen LogP contribution >= 0.6 is 23.2 Å². The molecule has 256 valence electrons. The van der Waals surface area contributed by atoms with E-state index < -0.39 is 17.6 Å². The fourth-order valence-electron chi connectivity index (χ4n) is 6.20. The molecule has 4 aliphatic heterocycles. The molecule has 0 spiro atoms. The fourth-order valence-corrected chi connectivity index (χ4v) is 6.91. The van der Waals surface area contributed by atoms with Gasteiger partial charge in [0, 0.05) is 43.8 Å². The Morgan fingerprint density at radius 1 is 1.11 bits per heavy atom. The number of amidine groups is 1. The lowest BCUT2D eigenvalue weighted by Gasteiger charge is -2.39. The van der Waals surface area contributed by atoms with Gasteiger partial charge in [0.25, 0.3) is 5.91 Å². The molecule has 0 radical (unpaired) electrons. The van der Waals surface area contributed by atoms with E-state index in [2.05, 4.69) is 10.6 Å². The number of guanidine groups is 1. The van der Waals surface area contributed by atoms with Gasteiger partial charge in [0.2, 0.25) is 11.9 Å². The van der Waals surface area contributed by atoms with E-state index in [1.807, 2.05) is 6.92 Å². The molecular weight excluding hydrogens is 651 g/mol. The molecule has 1 aromatic carbocycles. The van der Waals surface area contributed by atoms with Crippen molar-refractivity contribution in [2.75, 3.05) is 47.1 Å². The quantitative estimate of drug-likeness (QED) is 0.440. The van der Waals surface area contributed by atoms with Crippen molar-refractivity contribution in [3.8, 4) is 11.5 Å². The van der Waals surface area contributed by atoms with Crippen LogP contribution in [0.4, 0.5) is 4.79 Å². The summed E-state index contributed by atoms with van der Waals surface area (Å²) in [5.74, 6) is 0.723. The van der Waals surface area contributed by atoms with Crippen LogP contribution in [0.2, 0.25) is 10.0 Å². The molecule has 2 fully saturated rings. The number of nitrogens with one attached hydrogen (secondary N) is 2. The zero-order chi connectivity index (χ0) is 34.2. The van der Waals surface area contributed by atoms with Gasteiger partial charge in [-0.05, 0) is 40.0 Å². The third-order valence-electron chi connectivity index (χ3n) is 8.57. The number of likely N-dealkylation sites (tertiary alicyclic amines) is 1. The molecule has 2 N–H and O–H groups in total. The molecule has 0 bridgehead atoms. The third-order valence-corrected chi connectivity index (χ3v) is 9.33. The van der Waals surface area contributed by atoms with Crippen molar-refractivity contribution >= 4 is 58.5 Å². The van der Waals surface area contributed by atoms with Crippen LogP contribution in [-0.2, 0) is 19.1 Å². The van der Waals surface area contributed by atoms with E-state index in [1.54, 1.807) is 49.6 Å². The summed E-state index contributed by atoms with van der Waals surface area (Å²) in [6.07, 6.45) is 1.99. The van der Waals surface area contributed by atoms with Crippen LogP contribution in [0.25, 0.3) is 5.57 Å². The Labute approximate surface area is 284 Å². The van der Waals surface area contributed by atoms with Crippen LogP contribution in [0.3, 0.4) is 0 Å². The van der Waals surface area contributed by atoms with E-state index >= 15 is 0 Å². The molecule has 15 heteroatoms. The topological polar surface area (TPSA) is 143 Å². The number of rotatable bonds is 7. The molecule has 1 aromatic rings. The van der Waals surface area contributed by atoms with E-state index in [9.17, 15) is 14.4 Å². The van der Waals surface area contributed by atoms with Gasteiger partial charge in [0.1, 0.15) is 22.9 Å². The number of carbonyl (C=O) groups excluding carboxylic acids is 3. The van der Waals surface area contributed by atoms with Crippen molar-refractivity contribution in [1.29, 1.82) is 0 Å². The van der Waals surface area contributed by atoms with Crippen LogP contribution in [0.15, 0.2) is 22.1 Å². The molecule has 2 unspecified atom stereocenters. The van der Waals surface area contributed by atoms with E-state index in [4.69, 9.17) is 52.1 Å². The van der Waals surface area contributed by atoms with Gasteiger partial charge in [-0.3, -0.25) is 14.5 Å². The Balaban J connectivity index is 1.49. The van der Waals surface area contributed by atoms with E-state index in [1.165, 1.54) is 14.2 Å². The van der Waals surface area contributed by atoms with Crippen LogP contribution in [0.5, 0.6) is 11.5 Å². The number of carbonyl (C=O) groups is 3. The minimum atomic E-state index is -0.648. The van der Waals surface area contributed by atoms with Crippen molar-refractivity contribution in [2.45, 2.75) is 64.8 Å². The van der Waals surface area contributed by atoms with Crippen LogP contribution < -0.4 is 20.1 Å². The normalized spacial score (nSPS) is 25.9. The average molecular weight is 694 g/mol. The minimum Gasteiger partial charge on any atom is -0.495 e. The zero-order valence-corrected chi connectivity index (χ0v) is 29.2. The van der Waals surface area contributed by atoms with Gasteiger partial charge in [-0.15, -0.1) is 0 Å². The minimum absolute atomic E-state index is 0.00597. The van der Waals surface area contributed by atoms with Crippen molar-refractivity contribution < 1.29 is 33.3 Å². The monoisotopic (exact) mass is 692 g/mol. The van der Waals surface area contributed by atoms with Gasteiger partial charge in [0.05, 0.1) is 61.5 Å². The predicted molar refractivity (Wildman–Crippen MR) is 178 cm³/mol. The van der Waals surface area contributed by atoms with E-state index in [0.29, 0.717) is 55.1 Å². The van der Waals surface area contributed by atoms with E-state index in [-0.39, 0.29) is 58.1 Å². The number of hydrogen-bond acceptors (Lipinski definition) is 10. The summed E-state index contributed by atoms with van der Waals surface area (Å²) < 4.78 is 22.1. The molecule has 0 aromatic heterocycles. The lowest BCUT2D eigenvalue weighted by molar-refractivity contribution is -0.127. The molecule has 4 heterocycles. The van der Waals surface area contributed by atoms with Crippen molar-refractivity contribution in [1.82, 2.24) is 20.4 Å². The second-order valence-corrected chi connectivity index (χ2v) is 13.9. The highest BCUT2D eigenvalue weighted by Crippen LogP contribution is 2.46. The SMILES string of the molecule is COc1cc(OC)c(Cl)c(C2=CC3C(=NC(N[C@@H]4COC[C@@H]4NC(=O)OC(C)(C)C)=NC3C)N(C[C@@H]3CCN(C(C)=O)C3)C2=O)c1Cl. The summed E-state index contributed by atoms with van der Waals surface area (Å²) in [6.45, 7) is 10.9. The highest BCUT2D eigenvalue weighted by molar-refractivity contribution is 6.43. The lowest BCUT2D eigenvalue weighted by Crippen LogP contribution is -2.55. The number of hydrogen-bond donors (Lipinski definition) is 2. The first-order valence-corrected chi connectivity index (χ1v) is 16.4. The van der Waals surface area contributed by atoms with Crippen LogP contribution in [0, 0.1) is 11.8 Å². The number of halogens is 2. The predicted octanol–water partition coefficient (Wildman–Crippen LogP) is 3.76. The first-order valence-electron chi connectivity index (χ1n) is 15.6. The molecule has 13 nitrogen and oxygen atoms in total. The highest BCUT2D eigenvalue weighted by atomic mass is 35.5. The maximum Gasteiger partial charge on any atom is 0.408 e. The first kappa shape index (κ1) is 34.8. The van der Waals surface area contributed by atoms with Crippen LogP contribution in [0.1, 0.15) is 46.6 Å². The van der Waals surface area contributed by atoms with Gasteiger partial charge in [-0.1, -0.05) is 29.3 Å². The van der Waals surface area contributed by atoms with Gasteiger partial charge in [0.15, 0.2) is 0 Å². The van der Waals surface area contributed by atoms with Gasteiger partial charge >= 0.3 is 6.09 Å². The summed E-state index contributed by atoms with van der Waals surface area (Å²) in [5.41, 5.74) is -0.0632. The Bertz CT molecular complexity index is 1500. The lowest BCUT2D eigenvalue weighted by atomic mass is 9.87. The number of ether oxygens (including phenoxy) is 4. The molecule has 4 aliphatic rings. The number of amides is 3. The molecular formula is C32H42Cl2N6O7. The largest absolute Gasteiger partial charge is 0.495 e. The van der Waals surface area contributed by atoms with Gasteiger partial charge in [-0.2, -0.15) is 4.99 Å². The fraction of sp³-hybridized carbons (Fsp3) is 0.594. The number of nitrogens with zero attached hydrogens (tertiary/aromatic N) is 4. The molecule has 5 rings (SSSR count). The van der Waals surface area contributed by atoms with Crippen molar-refractivity contribution in [2.24, 2.45) is 21.8 Å². The Morgan fingerprint density at radius 3 is 2.36 bits per heavy atom. The molecule has 5 atom stereocenters. The summed E-state index contributed by atoms with van der Waals surface area (Å²) in [7, 11) is 2.95. The number of fused-ring (bicyclic) bond motifs is 1. The average Bonchev–Trinajstić information content (AvgIpc) is 3.64. The maximum absolute atomic E-state index is 14.5. The van der Waals surface area contributed by atoms with E-state index in [0.717, 1.165) is 6.42 Å². The Kier molecular flexibility index (Phi) is 10.3. The van der Waals surface area contributed by atoms with Crippen LogP contribution in [-0.4, -0.2) is 110 Å². The Morgan fingerprint density at radius 2 is 1.77 bits per heavy atom. The zero-order valence-electron chi connectivity index (χ0n) is 27.7. The van der Waals surface area contributed by atoms with Crippen molar-refractivity contribution in [3.63, 3.8) is 0 Å². The number of benzene rings is 1. The molecule has 0 aliphatic carbocycles. The third kappa shape index (κ3) is 7.47. The summed E-state index contributed by atoms with van der Waals surface area (Å²) in [4.78, 5) is 52.2. The number of alkyl carbamates (subject to hydrolysis) is 1. The molecule has 3 amide bonds. The number of methoxy groups -OCH3 is 2. The second-order valence-electron chi connectivity index (χ2n) is 13.1. The summed E-state index contributed by atoms with van der Waals surface area (Å²) in [6, 6.07) is 0.497.